The van der Waals surface area contributed by atoms with Crippen molar-refractivity contribution in [1.29, 1.82) is 0 Å². The van der Waals surface area contributed by atoms with Crippen molar-refractivity contribution in [1.82, 2.24) is 5.32 Å². The predicted octanol–water partition coefficient (Wildman–Crippen LogP) is 4.28. The molecule has 1 aliphatic carbocycles. The molecule has 1 aliphatic rings. The van der Waals surface area contributed by atoms with Crippen LogP contribution in [0.5, 0.6) is 0 Å². The quantitative estimate of drug-likeness (QED) is 0.863. The lowest BCUT2D eigenvalue weighted by Crippen LogP contribution is -2.41. The predicted molar refractivity (Wildman–Crippen MR) is 101 cm³/mol. The molecule has 136 valence electrons. The van der Waals surface area contributed by atoms with Crippen LogP contribution in [0, 0.1) is 6.92 Å². The molecule has 2 amide bonds. The van der Waals surface area contributed by atoms with E-state index in [-0.39, 0.29) is 18.1 Å². The molecule has 0 bridgehead atoms. The van der Waals surface area contributed by atoms with Crippen molar-refractivity contribution in [3.8, 4) is 0 Å². The monoisotopic (exact) mass is 352 g/mol. The van der Waals surface area contributed by atoms with Crippen LogP contribution in [-0.4, -0.2) is 24.1 Å². The van der Waals surface area contributed by atoms with Crippen LogP contribution < -0.4 is 10.6 Å². The molecule has 26 heavy (non-hydrogen) atoms. The Balaban J connectivity index is 1.52. The largest absolute Gasteiger partial charge is 0.446 e. The maximum absolute atomic E-state index is 12.5. The third-order valence-electron chi connectivity index (χ3n) is 4.64. The summed E-state index contributed by atoms with van der Waals surface area (Å²) in [5.74, 6) is -0.0671. The van der Waals surface area contributed by atoms with Crippen LogP contribution in [-0.2, 0) is 4.74 Å². The minimum Gasteiger partial charge on any atom is -0.446 e. The van der Waals surface area contributed by atoms with E-state index in [1.165, 1.54) is 0 Å². The molecule has 0 heterocycles. The van der Waals surface area contributed by atoms with Crippen LogP contribution in [0.1, 0.15) is 41.6 Å². The number of nitrogens with one attached hydrogen (secondary N) is 2. The van der Waals surface area contributed by atoms with Gasteiger partial charge in [0.15, 0.2) is 0 Å². The molecular formula is C21H24N2O3. The summed E-state index contributed by atoms with van der Waals surface area (Å²) >= 11 is 0. The molecule has 2 aromatic carbocycles. The van der Waals surface area contributed by atoms with Gasteiger partial charge in [0.05, 0.1) is 0 Å². The molecule has 3 rings (SSSR count). The van der Waals surface area contributed by atoms with Gasteiger partial charge in [-0.05, 0) is 49.9 Å². The van der Waals surface area contributed by atoms with Gasteiger partial charge in [-0.3, -0.25) is 10.1 Å². The lowest BCUT2D eigenvalue weighted by Gasteiger charge is -2.29. The molecule has 2 N–H and O–H groups in total. The minimum atomic E-state index is -0.452. The Morgan fingerprint density at radius 3 is 2.50 bits per heavy atom. The van der Waals surface area contributed by atoms with E-state index in [0.717, 1.165) is 24.8 Å². The smallest absolute Gasteiger partial charge is 0.411 e. The van der Waals surface area contributed by atoms with E-state index in [1.807, 2.05) is 61.5 Å². The molecule has 0 spiro atoms. The number of hydrogen-bond acceptors (Lipinski definition) is 3. The summed E-state index contributed by atoms with van der Waals surface area (Å²) in [4.78, 5) is 24.5. The maximum atomic E-state index is 12.5. The SMILES string of the molecule is Cc1ccccc1C(=O)N[C@@H]1CCC[C@@H](OC(=O)Nc2ccccc2)C1. The van der Waals surface area contributed by atoms with Crippen molar-refractivity contribution in [2.24, 2.45) is 0 Å². The summed E-state index contributed by atoms with van der Waals surface area (Å²) in [7, 11) is 0. The number of benzene rings is 2. The Bertz CT molecular complexity index is 761. The van der Waals surface area contributed by atoms with Crippen molar-refractivity contribution in [2.45, 2.75) is 44.8 Å². The highest BCUT2D eigenvalue weighted by atomic mass is 16.6. The molecule has 0 aliphatic heterocycles. The van der Waals surface area contributed by atoms with E-state index < -0.39 is 6.09 Å². The molecule has 0 saturated heterocycles. The van der Waals surface area contributed by atoms with Crippen LogP contribution in [0.25, 0.3) is 0 Å². The molecule has 0 radical (unpaired) electrons. The number of rotatable bonds is 4. The second-order valence-electron chi connectivity index (χ2n) is 6.67. The summed E-state index contributed by atoms with van der Waals surface area (Å²) in [5, 5.41) is 5.81. The second-order valence-corrected chi connectivity index (χ2v) is 6.67. The average Bonchev–Trinajstić information content (AvgIpc) is 2.63. The summed E-state index contributed by atoms with van der Waals surface area (Å²) in [6.07, 6.45) is 2.64. The van der Waals surface area contributed by atoms with Gasteiger partial charge in [-0.2, -0.15) is 0 Å². The van der Waals surface area contributed by atoms with Crippen molar-refractivity contribution >= 4 is 17.7 Å². The Hall–Kier alpha value is -2.82. The van der Waals surface area contributed by atoms with E-state index in [9.17, 15) is 9.59 Å². The van der Waals surface area contributed by atoms with Gasteiger partial charge >= 0.3 is 6.09 Å². The Labute approximate surface area is 153 Å². The van der Waals surface area contributed by atoms with Crippen molar-refractivity contribution in [3.05, 3.63) is 65.7 Å². The lowest BCUT2D eigenvalue weighted by atomic mass is 9.92. The van der Waals surface area contributed by atoms with Gasteiger partial charge in [-0.1, -0.05) is 36.4 Å². The molecule has 0 aromatic heterocycles. The first-order valence-corrected chi connectivity index (χ1v) is 9.01. The molecule has 1 saturated carbocycles. The third kappa shape index (κ3) is 4.85. The lowest BCUT2D eigenvalue weighted by molar-refractivity contribution is 0.0712. The van der Waals surface area contributed by atoms with Gasteiger partial charge in [0.1, 0.15) is 6.10 Å². The van der Waals surface area contributed by atoms with Crippen LogP contribution in [0.3, 0.4) is 0 Å². The van der Waals surface area contributed by atoms with Crippen LogP contribution in [0.2, 0.25) is 0 Å². The zero-order valence-corrected chi connectivity index (χ0v) is 14.9. The first-order chi connectivity index (χ1) is 12.6. The van der Waals surface area contributed by atoms with E-state index in [1.54, 1.807) is 0 Å². The van der Waals surface area contributed by atoms with Gasteiger partial charge in [-0.25, -0.2) is 4.79 Å². The number of carbonyl (C=O) groups excluding carboxylic acids is 2. The van der Waals surface area contributed by atoms with E-state index in [2.05, 4.69) is 10.6 Å². The van der Waals surface area contributed by atoms with Gasteiger partial charge in [-0.15, -0.1) is 0 Å². The number of para-hydroxylation sites is 1. The van der Waals surface area contributed by atoms with Crippen LogP contribution in [0.15, 0.2) is 54.6 Å². The maximum Gasteiger partial charge on any atom is 0.411 e. The van der Waals surface area contributed by atoms with Gasteiger partial charge in [0, 0.05) is 23.7 Å². The highest BCUT2D eigenvalue weighted by Crippen LogP contribution is 2.22. The normalized spacial score (nSPS) is 19.4. The fourth-order valence-electron chi connectivity index (χ4n) is 3.29. The topological polar surface area (TPSA) is 67.4 Å². The van der Waals surface area contributed by atoms with Gasteiger partial charge in [0.2, 0.25) is 0 Å². The zero-order chi connectivity index (χ0) is 18.4. The Morgan fingerprint density at radius 1 is 1.00 bits per heavy atom. The fraction of sp³-hybridized carbons (Fsp3) is 0.333. The molecule has 1 fully saturated rings. The number of hydrogen-bond donors (Lipinski definition) is 2. The standard InChI is InChI=1S/C21H24N2O3/c1-15-8-5-6-13-19(15)20(24)22-17-11-7-12-18(14-17)26-21(25)23-16-9-3-2-4-10-16/h2-6,8-10,13,17-18H,7,11-12,14H2,1H3,(H,22,24)(H,23,25)/t17-,18-/m1/s1. The van der Waals surface area contributed by atoms with Crippen molar-refractivity contribution in [3.63, 3.8) is 0 Å². The first kappa shape index (κ1) is 18.0. The fourth-order valence-corrected chi connectivity index (χ4v) is 3.29. The number of anilines is 1. The van der Waals surface area contributed by atoms with Gasteiger partial charge in [0.25, 0.3) is 5.91 Å². The summed E-state index contributed by atoms with van der Waals surface area (Å²) in [5.41, 5.74) is 2.35. The molecular weight excluding hydrogens is 328 g/mol. The van der Waals surface area contributed by atoms with Gasteiger partial charge < -0.3 is 10.1 Å². The summed E-state index contributed by atoms with van der Waals surface area (Å²) in [6.45, 7) is 1.93. The Kier molecular flexibility index (Phi) is 5.89. The molecule has 2 atom stereocenters. The molecule has 0 unspecified atom stereocenters. The third-order valence-corrected chi connectivity index (χ3v) is 4.64. The average molecular weight is 352 g/mol. The summed E-state index contributed by atoms with van der Waals surface area (Å²) in [6, 6.07) is 16.8. The van der Waals surface area contributed by atoms with Crippen molar-refractivity contribution < 1.29 is 14.3 Å². The summed E-state index contributed by atoms with van der Waals surface area (Å²) < 4.78 is 5.54. The van der Waals surface area contributed by atoms with Crippen molar-refractivity contribution in [2.75, 3.05) is 5.32 Å². The Morgan fingerprint density at radius 2 is 1.73 bits per heavy atom. The second kappa shape index (κ2) is 8.52. The number of ether oxygens (including phenoxy) is 1. The molecule has 2 aromatic rings. The first-order valence-electron chi connectivity index (χ1n) is 9.01. The molecule has 5 nitrogen and oxygen atoms in total. The minimum absolute atomic E-state index is 0.0189. The van der Waals surface area contributed by atoms with E-state index in [0.29, 0.717) is 17.7 Å². The highest BCUT2D eigenvalue weighted by molar-refractivity contribution is 5.95. The number of amides is 2. The zero-order valence-electron chi connectivity index (χ0n) is 14.9. The van der Waals surface area contributed by atoms with Crippen LogP contribution >= 0.6 is 0 Å². The number of aryl methyl sites for hydroxylation is 1. The van der Waals surface area contributed by atoms with E-state index in [4.69, 9.17) is 4.74 Å². The van der Waals surface area contributed by atoms with E-state index >= 15 is 0 Å². The number of carbonyl (C=O) groups is 2. The van der Waals surface area contributed by atoms with Crippen LogP contribution in [0.4, 0.5) is 10.5 Å². The highest BCUT2D eigenvalue weighted by Gasteiger charge is 2.26. The molecule has 5 heteroatoms.